The maximum absolute atomic E-state index is 12.2. The number of pyridine rings is 1. The zero-order chi connectivity index (χ0) is 15.2. The highest BCUT2D eigenvalue weighted by Gasteiger charge is 2.11. The predicted octanol–water partition coefficient (Wildman–Crippen LogP) is 2.31. The number of amides is 1. The average molecular weight is 324 g/mol. The van der Waals surface area contributed by atoms with E-state index >= 15 is 0 Å². The molecule has 1 amide bonds. The van der Waals surface area contributed by atoms with Gasteiger partial charge in [-0.25, -0.2) is 0 Å². The number of likely N-dealkylation sites (N-methyl/N-ethyl adjacent to an activating group) is 1. The van der Waals surface area contributed by atoms with Crippen molar-refractivity contribution in [1.29, 1.82) is 0 Å². The molecule has 6 heteroatoms. The van der Waals surface area contributed by atoms with Gasteiger partial charge in [-0.3, -0.25) is 9.78 Å². The Bertz CT molecular complexity index is 647. The highest BCUT2D eigenvalue weighted by Crippen LogP contribution is 2.21. The fraction of sp³-hybridized carbons (Fsp3) is 0.375. The van der Waals surface area contributed by atoms with Crippen LogP contribution in [0.15, 0.2) is 24.3 Å². The summed E-state index contributed by atoms with van der Waals surface area (Å²) in [6.45, 7) is 6.14. The van der Waals surface area contributed by atoms with Gasteiger partial charge in [0.05, 0.1) is 23.9 Å². The van der Waals surface area contributed by atoms with E-state index in [0.29, 0.717) is 12.1 Å². The summed E-state index contributed by atoms with van der Waals surface area (Å²) in [5.41, 5.74) is 2.16. The van der Waals surface area contributed by atoms with E-state index in [4.69, 9.17) is 4.74 Å². The summed E-state index contributed by atoms with van der Waals surface area (Å²) in [5, 5.41) is 6.99. The van der Waals surface area contributed by atoms with E-state index in [1.807, 2.05) is 38.1 Å². The number of carbonyl (C=O) groups excluding carboxylic acids is 1. The molecule has 0 aliphatic rings. The third-order valence-electron chi connectivity index (χ3n) is 3.30. The number of carbonyl (C=O) groups is 1. The first-order valence-corrected chi connectivity index (χ1v) is 7.10. The van der Waals surface area contributed by atoms with Crippen LogP contribution in [-0.2, 0) is 0 Å². The molecule has 0 saturated carbocycles. The third-order valence-corrected chi connectivity index (χ3v) is 3.30. The number of benzene rings is 1. The molecule has 5 nitrogen and oxygen atoms in total. The first-order valence-electron chi connectivity index (χ1n) is 7.10. The lowest BCUT2D eigenvalue weighted by Gasteiger charge is -2.09. The van der Waals surface area contributed by atoms with Crippen LogP contribution in [0, 0.1) is 6.92 Å². The van der Waals surface area contributed by atoms with Crippen LogP contribution in [0.25, 0.3) is 10.9 Å². The number of fused-ring (bicyclic) bond motifs is 1. The van der Waals surface area contributed by atoms with Gasteiger partial charge in [0.2, 0.25) is 0 Å². The van der Waals surface area contributed by atoms with E-state index in [1.54, 1.807) is 7.11 Å². The van der Waals surface area contributed by atoms with E-state index in [9.17, 15) is 4.79 Å². The Morgan fingerprint density at radius 2 is 2.05 bits per heavy atom. The van der Waals surface area contributed by atoms with Crippen LogP contribution in [0.4, 0.5) is 0 Å². The summed E-state index contributed by atoms with van der Waals surface area (Å²) in [7, 11) is 1.63. The number of aromatic nitrogens is 1. The zero-order valence-corrected chi connectivity index (χ0v) is 13.9. The van der Waals surface area contributed by atoms with Gasteiger partial charge in [0.1, 0.15) is 5.75 Å². The molecule has 2 aromatic rings. The second-order valence-electron chi connectivity index (χ2n) is 4.79. The van der Waals surface area contributed by atoms with Gasteiger partial charge >= 0.3 is 0 Å². The number of methoxy groups -OCH3 is 1. The van der Waals surface area contributed by atoms with Crippen molar-refractivity contribution >= 4 is 29.2 Å². The minimum Gasteiger partial charge on any atom is -0.497 e. The Labute approximate surface area is 136 Å². The number of nitrogens with one attached hydrogen (secondary N) is 2. The van der Waals surface area contributed by atoms with Gasteiger partial charge in [-0.1, -0.05) is 6.92 Å². The van der Waals surface area contributed by atoms with Gasteiger partial charge in [-0.2, -0.15) is 0 Å². The summed E-state index contributed by atoms with van der Waals surface area (Å²) in [6.07, 6.45) is 0. The van der Waals surface area contributed by atoms with Gasteiger partial charge in [0.25, 0.3) is 5.91 Å². The molecule has 0 saturated heterocycles. The van der Waals surface area contributed by atoms with Crippen LogP contribution in [0.3, 0.4) is 0 Å². The van der Waals surface area contributed by atoms with Crippen molar-refractivity contribution < 1.29 is 9.53 Å². The standard InChI is InChI=1S/C16H21N3O2.ClH/c1-4-17-7-8-18-16(20)14-9-12-5-6-13(21-3)10-15(12)19-11(14)2;/h5-6,9-10,17H,4,7-8H2,1-3H3,(H,18,20);1H. The molecule has 2 rings (SSSR count). The Morgan fingerprint density at radius 3 is 2.73 bits per heavy atom. The fourth-order valence-corrected chi connectivity index (χ4v) is 2.14. The minimum atomic E-state index is -0.0874. The van der Waals surface area contributed by atoms with Crippen molar-refractivity contribution in [3.63, 3.8) is 0 Å². The molecule has 0 bridgehead atoms. The van der Waals surface area contributed by atoms with Crippen molar-refractivity contribution in [2.24, 2.45) is 0 Å². The lowest BCUT2D eigenvalue weighted by atomic mass is 10.1. The summed E-state index contributed by atoms with van der Waals surface area (Å²) in [6, 6.07) is 7.52. The van der Waals surface area contributed by atoms with Crippen molar-refractivity contribution in [3.05, 3.63) is 35.5 Å². The van der Waals surface area contributed by atoms with Crippen molar-refractivity contribution in [2.45, 2.75) is 13.8 Å². The predicted molar refractivity (Wildman–Crippen MR) is 91.2 cm³/mol. The second kappa shape index (κ2) is 8.56. The second-order valence-corrected chi connectivity index (χ2v) is 4.79. The normalized spacial score (nSPS) is 10.1. The van der Waals surface area contributed by atoms with Crippen LogP contribution in [-0.4, -0.2) is 37.6 Å². The molecule has 22 heavy (non-hydrogen) atoms. The Kier molecular flexibility index (Phi) is 7.08. The van der Waals surface area contributed by atoms with E-state index in [2.05, 4.69) is 15.6 Å². The molecule has 0 fully saturated rings. The molecular formula is C16H22ClN3O2. The number of nitrogens with zero attached hydrogens (tertiary/aromatic N) is 1. The van der Waals surface area contributed by atoms with E-state index in [0.717, 1.165) is 35.4 Å². The van der Waals surface area contributed by atoms with Crippen molar-refractivity contribution in [2.75, 3.05) is 26.7 Å². The van der Waals surface area contributed by atoms with Crippen LogP contribution < -0.4 is 15.4 Å². The monoisotopic (exact) mass is 323 g/mol. The summed E-state index contributed by atoms with van der Waals surface area (Å²) >= 11 is 0. The molecule has 0 atom stereocenters. The quantitative estimate of drug-likeness (QED) is 0.801. The molecule has 0 unspecified atom stereocenters. The SMILES string of the molecule is CCNCCNC(=O)c1cc2ccc(OC)cc2nc1C.Cl. The Hall–Kier alpha value is -1.85. The largest absolute Gasteiger partial charge is 0.497 e. The van der Waals surface area contributed by atoms with E-state index < -0.39 is 0 Å². The zero-order valence-electron chi connectivity index (χ0n) is 13.1. The van der Waals surface area contributed by atoms with Gasteiger partial charge in [-0.15, -0.1) is 12.4 Å². The third kappa shape index (κ3) is 4.32. The minimum absolute atomic E-state index is 0. The van der Waals surface area contributed by atoms with Crippen molar-refractivity contribution in [1.82, 2.24) is 15.6 Å². The fourth-order valence-electron chi connectivity index (χ4n) is 2.14. The first kappa shape index (κ1) is 18.2. The lowest BCUT2D eigenvalue weighted by Crippen LogP contribution is -2.32. The number of halogens is 1. The molecular weight excluding hydrogens is 302 g/mol. The highest BCUT2D eigenvalue weighted by molar-refractivity contribution is 5.98. The topological polar surface area (TPSA) is 63.2 Å². The number of aryl methyl sites for hydroxylation is 1. The molecule has 0 radical (unpaired) electrons. The molecule has 0 aliphatic heterocycles. The summed E-state index contributed by atoms with van der Waals surface area (Å²) < 4.78 is 5.19. The smallest absolute Gasteiger partial charge is 0.253 e. The molecule has 1 aromatic heterocycles. The molecule has 0 spiro atoms. The Balaban J connectivity index is 0.00000242. The highest BCUT2D eigenvalue weighted by atomic mass is 35.5. The lowest BCUT2D eigenvalue weighted by molar-refractivity contribution is 0.0953. The maximum atomic E-state index is 12.2. The molecule has 1 aromatic carbocycles. The maximum Gasteiger partial charge on any atom is 0.253 e. The van der Waals surface area contributed by atoms with Gasteiger partial charge in [0.15, 0.2) is 0 Å². The van der Waals surface area contributed by atoms with Crippen LogP contribution in [0.2, 0.25) is 0 Å². The average Bonchev–Trinajstić information content (AvgIpc) is 2.50. The molecule has 2 N–H and O–H groups in total. The number of ether oxygens (including phenoxy) is 1. The van der Waals surface area contributed by atoms with Gasteiger partial charge < -0.3 is 15.4 Å². The van der Waals surface area contributed by atoms with Gasteiger partial charge in [0, 0.05) is 24.5 Å². The Morgan fingerprint density at radius 1 is 1.27 bits per heavy atom. The van der Waals surface area contributed by atoms with Crippen LogP contribution in [0.5, 0.6) is 5.75 Å². The summed E-state index contributed by atoms with van der Waals surface area (Å²) in [5.74, 6) is 0.674. The number of hydrogen-bond acceptors (Lipinski definition) is 4. The van der Waals surface area contributed by atoms with Gasteiger partial charge in [-0.05, 0) is 31.7 Å². The van der Waals surface area contributed by atoms with Crippen LogP contribution in [0.1, 0.15) is 23.0 Å². The van der Waals surface area contributed by atoms with E-state index in [1.165, 1.54) is 0 Å². The first-order chi connectivity index (χ1) is 10.2. The molecule has 1 heterocycles. The molecule has 0 aliphatic carbocycles. The summed E-state index contributed by atoms with van der Waals surface area (Å²) in [4.78, 5) is 16.7. The van der Waals surface area contributed by atoms with Crippen LogP contribution >= 0.6 is 12.4 Å². The van der Waals surface area contributed by atoms with E-state index in [-0.39, 0.29) is 18.3 Å². The van der Waals surface area contributed by atoms with Crippen molar-refractivity contribution in [3.8, 4) is 5.75 Å². The number of hydrogen-bond donors (Lipinski definition) is 2. The molecule has 120 valence electrons. The number of rotatable bonds is 6.